The summed E-state index contributed by atoms with van der Waals surface area (Å²) in [5.74, 6) is -0.473. The van der Waals surface area contributed by atoms with Crippen molar-refractivity contribution in [1.82, 2.24) is 5.32 Å². The number of anilines is 2. The fourth-order valence-corrected chi connectivity index (χ4v) is 3.28. The summed E-state index contributed by atoms with van der Waals surface area (Å²) in [4.78, 5) is 37.5. The van der Waals surface area contributed by atoms with Gasteiger partial charge in [0.1, 0.15) is 5.75 Å². The summed E-state index contributed by atoms with van der Waals surface area (Å²) >= 11 is 11.8. The molecule has 2 aromatic rings. The van der Waals surface area contributed by atoms with Gasteiger partial charge in [-0.15, -0.1) is 0 Å². The lowest BCUT2D eigenvalue weighted by Crippen LogP contribution is -2.30. The molecule has 0 bridgehead atoms. The van der Waals surface area contributed by atoms with Crippen molar-refractivity contribution in [2.45, 2.75) is 6.42 Å². The highest BCUT2D eigenvalue weighted by molar-refractivity contribution is 6.42. The monoisotopic (exact) mass is 435 g/mol. The highest BCUT2D eigenvalue weighted by Crippen LogP contribution is 2.27. The molecule has 1 aliphatic rings. The predicted molar refractivity (Wildman–Crippen MR) is 112 cm³/mol. The van der Waals surface area contributed by atoms with E-state index >= 15 is 0 Å². The van der Waals surface area contributed by atoms with E-state index in [1.54, 1.807) is 54.4 Å². The summed E-state index contributed by atoms with van der Waals surface area (Å²) < 4.78 is 5.48. The van der Waals surface area contributed by atoms with Crippen molar-refractivity contribution in [3.05, 3.63) is 52.5 Å². The zero-order chi connectivity index (χ0) is 21.0. The predicted octanol–water partition coefficient (Wildman–Crippen LogP) is 3.11. The van der Waals surface area contributed by atoms with Crippen LogP contribution in [-0.4, -0.2) is 37.9 Å². The molecule has 9 heteroatoms. The summed E-state index contributed by atoms with van der Waals surface area (Å²) in [6.07, 6.45) is 0.187. The summed E-state index contributed by atoms with van der Waals surface area (Å²) in [6, 6.07) is 11.6. The van der Waals surface area contributed by atoms with Gasteiger partial charge in [-0.3, -0.25) is 14.4 Å². The molecule has 29 heavy (non-hydrogen) atoms. The fraction of sp³-hybridized carbons (Fsp3) is 0.250. The lowest BCUT2D eigenvalue weighted by atomic mass is 10.1. The molecule has 1 saturated heterocycles. The number of nitrogens with one attached hydrogen (secondary N) is 2. The Morgan fingerprint density at radius 3 is 2.52 bits per heavy atom. The third-order valence-corrected chi connectivity index (χ3v) is 5.20. The van der Waals surface area contributed by atoms with Crippen LogP contribution in [0.25, 0.3) is 0 Å². The van der Waals surface area contributed by atoms with E-state index in [4.69, 9.17) is 27.9 Å². The van der Waals surface area contributed by atoms with Crippen LogP contribution in [0, 0.1) is 5.92 Å². The van der Waals surface area contributed by atoms with Gasteiger partial charge in [-0.2, -0.15) is 0 Å². The maximum absolute atomic E-state index is 12.2. The molecular weight excluding hydrogens is 417 g/mol. The number of hydrogen-bond donors (Lipinski definition) is 2. The first-order valence-corrected chi connectivity index (χ1v) is 9.62. The molecule has 3 rings (SSSR count). The molecule has 1 heterocycles. The average Bonchev–Trinajstić information content (AvgIpc) is 3.10. The van der Waals surface area contributed by atoms with Crippen molar-refractivity contribution in [3.63, 3.8) is 0 Å². The first-order chi connectivity index (χ1) is 13.9. The van der Waals surface area contributed by atoms with Crippen LogP contribution in [0.15, 0.2) is 42.5 Å². The van der Waals surface area contributed by atoms with Crippen LogP contribution in [-0.2, 0) is 14.4 Å². The largest absolute Gasteiger partial charge is 0.484 e. The Kier molecular flexibility index (Phi) is 6.61. The standard InChI is InChI=1S/C20H19Cl2N3O4/c1-23-20(28)12-8-19(27)25(10-12)14-3-5-15(6-4-14)29-11-18(26)24-13-2-7-16(21)17(22)9-13/h2-7,9,12H,8,10-11H2,1H3,(H,23,28)(H,24,26)/t12-/m0/s1. The van der Waals surface area contributed by atoms with Crippen molar-refractivity contribution in [2.75, 3.05) is 30.4 Å². The molecule has 0 saturated carbocycles. The van der Waals surface area contributed by atoms with Crippen LogP contribution in [0.1, 0.15) is 6.42 Å². The van der Waals surface area contributed by atoms with Gasteiger partial charge in [0.15, 0.2) is 6.61 Å². The van der Waals surface area contributed by atoms with Crippen molar-refractivity contribution < 1.29 is 19.1 Å². The minimum atomic E-state index is -0.353. The van der Waals surface area contributed by atoms with Gasteiger partial charge in [0, 0.05) is 31.4 Å². The molecule has 0 spiro atoms. The summed E-state index contributed by atoms with van der Waals surface area (Å²) in [5.41, 5.74) is 1.19. The van der Waals surface area contributed by atoms with Crippen LogP contribution in [0.4, 0.5) is 11.4 Å². The van der Waals surface area contributed by atoms with Crippen molar-refractivity contribution in [3.8, 4) is 5.75 Å². The maximum atomic E-state index is 12.2. The van der Waals surface area contributed by atoms with E-state index in [9.17, 15) is 14.4 Å². The Morgan fingerprint density at radius 2 is 1.86 bits per heavy atom. The maximum Gasteiger partial charge on any atom is 0.262 e. The molecule has 3 amide bonds. The van der Waals surface area contributed by atoms with Crippen LogP contribution in [0.2, 0.25) is 10.0 Å². The molecule has 2 N–H and O–H groups in total. The van der Waals surface area contributed by atoms with E-state index < -0.39 is 0 Å². The number of amides is 3. The summed E-state index contributed by atoms with van der Waals surface area (Å²) in [6.45, 7) is 0.145. The molecule has 0 aliphatic carbocycles. The van der Waals surface area contributed by atoms with Gasteiger partial charge >= 0.3 is 0 Å². The Hall–Kier alpha value is -2.77. The van der Waals surface area contributed by atoms with Crippen LogP contribution in [0.5, 0.6) is 5.75 Å². The number of carbonyl (C=O) groups is 3. The number of nitrogens with zero attached hydrogens (tertiary/aromatic N) is 1. The van der Waals surface area contributed by atoms with Gasteiger partial charge in [-0.05, 0) is 42.5 Å². The minimum absolute atomic E-state index is 0.103. The molecule has 1 fully saturated rings. The molecule has 7 nitrogen and oxygen atoms in total. The molecule has 1 atom stereocenters. The molecule has 1 aliphatic heterocycles. The third-order valence-electron chi connectivity index (χ3n) is 4.46. The Balaban J connectivity index is 1.54. The Morgan fingerprint density at radius 1 is 1.14 bits per heavy atom. The topological polar surface area (TPSA) is 87.7 Å². The second-order valence-corrected chi connectivity index (χ2v) is 7.29. The van der Waals surface area contributed by atoms with E-state index in [0.717, 1.165) is 0 Å². The molecule has 2 aromatic carbocycles. The SMILES string of the molecule is CNC(=O)[C@H]1CC(=O)N(c2ccc(OCC(=O)Nc3ccc(Cl)c(Cl)c3)cc2)C1. The van der Waals surface area contributed by atoms with Crippen LogP contribution >= 0.6 is 23.2 Å². The van der Waals surface area contributed by atoms with Crippen molar-refractivity contribution in [1.29, 1.82) is 0 Å². The Labute approximate surface area is 177 Å². The van der Waals surface area contributed by atoms with Gasteiger partial charge < -0.3 is 20.3 Å². The van der Waals surface area contributed by atoms with Gasteiger partial charge in [0.05, 0.1) is 16.0 Å². The van der Waals surface area contributed by atoms with Crippen molar-refractivity contribution in [2.24, 2.45) is 5.92 Å². The van der Waals surface area contributed by atoms with Crippen molar-refractivity contribution >= 4 is 52.3 Å². The zero-order valence-corrected chi connectivity index (χ0v) is 17.1. The molecular formula is C20H19Cl2N3O4. The van der Waals surface area contributed by atoms with Gasteiger partial charge in [0.25, 0.3) is 5.91 Å². The number of ether oxygens (including phenoxy) is 1. The zero-order valence-electron chi connectivity index (χ0n) is 15.6. The summed E-state index contributed by atoms with van der Waals surface area (Å²) in [5, 5.41) is 5.98. The van der Waals surface area contributed by atoms with E-state index in [-0.39, 0.29) is 36.7 Å². The molecule has 0 unspecified atom stereocenters. The highest BCUT2D eigenvalue weighted by Gasteiger charge is 2.34. The molecule has 0 radical (unpaired) electrons. The number of rotatable bonds is 6. The third kappa shape index (κ3) is 5.19. The van der Waals surface area contributed by atoms with Crippen LogP contribution < -0.4 is 20.3 Å². The second-order valence-electron chi connectivity index (χ2n) is 6.48. The van der Waals surface area contributed by atoms with E-state index in [0.29, 0.717) is 33.7 Å². The fourth-order valence-electron chi connectivity index (χ4n) is 2.98. The first-order valence-electron chi connectivity index (χ1n) is 8.87. The first kappa shape index (κ1) is 21.0. The van der Waals surface area contributed by atoms with Crippen LogP contribution in [0.3, 0.4) is 0 Å². The number of halogens is 2. The second kappa shape index (κ2) is 9.15. The lowest BCUT2D eigenvalue weighted by Gasteiger charge is -2.17. The van der Waals surface area contributed by atoms with E-state index in [1.807, 2.05) is 0 Å². The highest BCUT2D eigenvalue weighted by atomic mass is 35.5. The van der Waals surface area contributed by atoms with Gasteiger partial charge in [-0.1, -0.05) is 23.2 Å². The van der Waals surface area contributed by atoms with Gasteiger partial charge in [-0.25, -0.2) is 0 Å². The summed E-state index contributed by atoms with van der Waals surface area (Å²) in [7, 11) is 1.55. The van der Waals surface area contributed by atoms with Gasteiger partial charge in [0.2, 0.25) is 11.8 Å². The number of benzene rings is 2. The molecule has 0 aromatic heterocycles. The molecule has 152 valence electrons. The lowest BCUT2D eigenvalue weighted by molar-refractivity contribution is -0.125. The number of carbonyl (C=O) groups excluding carboxylic acids is 3. The minimum Gasteiger partial charge on any atom is -0.484 e. The quantitative estimate of drug-likeness (QED) is 0.729. The Bertz CT molecular complexity index is 934. The van der Waals surface area contributed by atoms with E-state index in [2.05, 4.69) is 10.6 Å². The normalized spacial score (nSPS) is 15.9. The number of hydrogen-bond acceptors (Lipinski definition) is 4. The van der Waals surface area contributed by atoms with E-state index in [1.165, 1.54) is 0 Å². The smallest absolute Gasteiger partial charge is 0.262 e. The average molecular weight is 436 g/mol.